The van der Waals surface area contributed by atoms with E-state index in [1.54, 1.807) is 6.92 Å². The van der Waals surface area contributed by atoms with E-state index >= 15 is 0 Å². The Hall–Kier alpha value is -3.41. The van der Waals surface area contributed by atoms with Crippen LogP contribution < -0.4 is 10.9 Å². The highest BCUT2D eigenvalue weighted by Gasteiger charge is 2.45. The third-order valence-corrected chi connectivity index (χ3v) is 6.87. The fourth-order valence-corrected chi connectivity index (χ4v) is 5.41. The molecule has 3 aromatic rings. The molecule has 3 atom stereocenters. The Bertz CT molecular complexity index is 1160. The van der Waals surface area contributed by atoms with Crippen molar-refractivity contribution in [3.8, 4) is 11.3 Å². The van der Waals surface area contributed by atoms with Crippen molar-refractivity contribution in [2.45, 2.75) is 44.6 Å². The smallest absolute Gasteiger partial charge is 0.321 e. The molecule has 0 bridgehead atoms. The highest BCUT2D eigenvalue weighted by atomic mass is 16.2. The van der Waals surface area contributed by atoms with Crippen LogP contribution in [0.3, 0.4) is 0 Å². The minimum Gasteiger partial charge on any atom is -0.321 e. The molecule has 3 unspecified atom stereocenters. The van der Waals surface area contributed by atoms with E-state index in [9.17, 15) is 9.59 Å². The lowest BCUT2D eigenvalue weighted by Crippen LogP contribution is -2.41. The summed E-state index contributed by atoms with van der Waals surface area (Å²) >= 11 is 0. The van der Waals surface area contributed by atoms with E-state index in [1.165, 1.54) is 30.9 Å². The van der Waals surface area contributed by atoms with Gasteiger partial charge < -0.3 is 15.2 Å². The zero-order chi connectivity index (χ0) is 22.1. The molecule has 6 heteroatoms. The fraction of sp³-hybridized carbons (Fsp3) is 0.346. The summed E-state index contributed by atoms with van der Waals surface area (Å²) in [5.41, 5.74) is 3.38. The van der Waals surface area contributed by atoms with Gasteiger partial charge in [-0.3, -0.25) is 4.79 Å². The standard InChI is InChI=1S/C26H28N4O2/c1-17-27-23(15-25(31)28-17)19-11-13-20(14-12-19)29-26(32)30-16-22(18-7-3-2-4-8-18)21-9-5-6-10-24(21)30/h2-4,7-8,11-15,21-22,24H,5-6,9-10,16H2,1H3,(H,29,32)(H,27,28,31). The molecular weight excluding hydrogens is 400 g/mol. The maximum absolute atomic E-state index is 13.2. The molecule has 2 aliphatic rings. The van der Waals surface area contributed by atoms with Crippen molar-refractivity contribution in [3.63, 3.8) is 0 Å². The number of aromatic amines is 1. The number of hydrogen-bond donors (Lipinski definition) is 2. The van der Waals surface area contributed by atoms with E-state index in [4.69, 9.17) is 0 Å². The summed E-state index contributed by atoms with van der Waals surface area (Å²) in [7, 11) is 0. The maximum Gasteiger partial charge on any atom is 0.322 e. The molecule has 0 spiro atoms. The molecule has 1 aromatic heterocycles. The normalized spacial score (nSPS) is 22.4. The van der Waals surface area contributed by atoms with Crippen molar-refractivity contribution in [1.29, 1.82) is 0 Å². The molecule has 2 N–H and O–H groups in total. The van der Waals surface area contributed by atoms with Crippen LogP contribution >= 0.6 is 0 Å². The number of aromatic nitrogens is 2. The number of anilines is 1. The lowest BCUT2D eigenvalue weighted by Gasteiger charge is -2.32. The second kappa shape index (κ2) is 8.61. The average molecular weight is 429 g/mol. The van der Waals surface area contributed by atoms with E-state index in [0.29, 0.717) is 29.4 Å². The first-order valence-electron chi connectivity index (χ1n) is 11.4. The zero-order valence-electron chi connectivity index (χ0n) is 18.3. The number of likely N-dealkylation sites (tertiary alicyclic amines) is 1. The van der Waals surface area contributed by atoms with Gasteiger partial charge in [-0.15, -0.1) is 0 Å². The molecule has 1 saturated carbocycles. The van der Waals surface area contributed by atoms with Crippen LogP contribution in [0.2, 0.25) is 0 Å². The van der Waals surface area contributed by atoms with Crippen LogP contribution in [0.15, 0.2) is 65.5 Å². The first-order chi connectivity index (χ1) is 15.6. The molecular formula is C26H28N4O2. The molecule has 5 rings (SSSR count). The Morgan fingerprint density at radius 1 is 1.06 bits per heavy atom. The van der Waals surface area contributed by atoms with Crippen LogP contribution in [-0.2, 0) is 0 Å². The van der Waals surface area contributed by atoms with E-state index < -0.39 is 0 Å². The molecule has 32 heavy (non-hydrogen) atoms. The van der Waals surface area contributed by atoms with Crippen molar-refractivity contribution >= 4 is 11.7 Å². The molecule has 6 nitrogen and oxygen atoms in total. The molecule has 2 fully saturated rings. The summed E-state index contributed by atoms with van der Waals surface area (Å²) in [4.78, 5) is 34.1. The van der Waals surface area contributed by atoms with Crippen molar-refractivity contribution in [2.24, 2.45) is 5.92 Å². The maximum atomic E-state index is 13.2. The van der Waals surface area contributed by atoms with Gasteiger partial charge in [0, 0.05) is 35.8 Å². The van der Waals surface area contributed by atoms with Gasteiger partial charge in [-0.1, -0.05) is 55.3 Å². The summed E-state index contributed by atoms with van der Waals surface area (Å²) < 4.78 is 0. The quantitative estimate of drug-likeness (QED) is 0.621. The molecule has 164 valence electrons. The minimum atomic E-state index is -0.172. The van der Waals surface area contributed by atoms with Gasteiger partial charge in [0.05, 0.1) is 5.69 Å². The molecule has 2 amide bonds. The Labute approximate surface area is 187 Å². The van der Waals surface area contributed by atoms with Crippen molar-refractivity contribution in [3.05, 3.63) is 82.4 Å². The monoisotopic (exact) mass is 428 g/mol. The van der Waals surface area contributed by atoms with Crippen LogP contribution in [0.5, 0.6) is 0 Å². The largest absolute Gasteiger partial charge is 0.322 e. The number of nitrogens with one attached hydrogen (secondary N) is 2. The molecule has 1 aliphatic heterocycles. The summed E-state index contributed by atoms with van der Waals surface area (Å²) in [6, 6.07) is 19.9. The van der Waals surface area contributed by atoms with Gasteiger partial charge in [-0.2, -0.15) is 0 Å². The third-order valence-electron chi connectivity index (χ3n) is 6.87. The van der Waals surface area contributed by atoms with Crippen LogP contribution in [0.25, 0.3) is 11.3 Å². The van der Waals surface area contributed by atoms with Crippen LogP contribution in [-0.4, -0.2) is 33.5 Å². The number of carbonyl (C=O) groups excluding carboxylic acids is 1. The number of aryl methyl sites for hydroxylation is 1. The van der Waals surface area contributed by atoms with E-state index in [1.807, 2.05) is 30.3 Å². The van der Waals surface area contributed by atoms with Crippen molar-refractivity contribution < 1.29 is 4.79 Å². The lowest BCUT2D eigenvalue weighted by molar-refractivity contribution is 0.181. The molecule has 1 aliphatic carbocycles. The number of benzene rings is 2. The van der Waals surface area contributed by atoms with E-state index in [-0.39, 0.29) is 11.6 Å². The second-order valence-electron chi connectivity index (χ2n) is 8.91. The number of rotatable bonds is 3. The number of urea groups is 1. The van der Waals surface area contributed by atoms with Gasteiger partial charge in [0.25, 0.3) is 5.56 Å². The summed E-state index contributed by atoms with van der Waals surface area (Å²) in [6.45, 7) is 2.52. The van der Waals surface area contributed by atoms with Gasteiger partial charge in [0.2, 0.25) is 0 Å². The van der Waals surface area contributed by atoms with Gasteiger partial charge in [0.1, 0.15) is 5.82 Å². The number of hydrogen-bond acceptors (Lipinski definition) is 3. The van der Waals surface area contributed by atoms with Gasteiger partial charge in [0.15, 0.2) is 0 Å². The molecule has 0 radical (unpaired) electrons. The van der Waals surface area contributed by atoms with E-state index in [0.717, 1.165) is 24.2 Å². The molecule has 2 aromatic carbocycles. The van der Waals surface area contributed by atoms with Gasteiger partial charge in [-0.25, -0.2) is 9.78 Å². The SMILES string of the molecule is Cc1nc(-c2ccc(NC(=O)N3CC(c4ccccc4)C4CCCCC43)cc2)cc(=O)[nH]1. The van der Waals surface area contributed by atoms with Gasteiger partial charge in [-0.05, 0) is 43.4 Å². The zero-order valence-corrected chi connectivity index (χ0v) is 18.3. The topological polar surface area (TPSA) is 78.1 Å². The summed E-state index contributed by atoms with van der Waals surface area (Å²) in [5, 5.41) is 3.09. The predicted molar refractivity (Wildman–Crippen MR) is 126 cm³/mol. The van der Waals surface area contributed by atoms with Crippen molar-refractivity contribution in [2.75, 3.05) is 11.9 Å². The first-order valence-corrected chi connectivity index (χ1v) is 11.4. The minimum absolute atomic E-state index is 0.0294. The third kappa shape index (κ3) is 4.05. The number of H-pyrrole nitrogens is 1. The Morgan fingerprint density at radius 3 is 2.56 bits per heavy atom. The number of fused-ring (bicyclic) bond motifs is 1. The lowest BCUT2D eigenvalue weighted by atomic mass is 9.77. The predicted octanol–water partition coefficient (Wildman–Crippen LogP) is 4.94. The average Bonchev–Trinajstić information content (AvgIpc) is 3.19. The highest BCUT2D eigenvalue weighted by Crippen LogP contribution is 2.45. The highest BCUT2D eigenvalue weighted by molar-refractivity contribution is 5.90. The molecule has 2 heterocycles. The molecule has 1 saturated heterocycles. The Balaban J connectivity index is 1.32. The van der Waals surface area contributed by atoms with E-state index in [2.05, 4.69) is 44.5 Å². The Kier molecular flexibility index (Phi) is 5.52. The number of nitrogens with zero attached hydrogens (tertiary/aromatic N) is 2. The van der Waals surface area contributed by atoms with Crippen LogP contribution in [0, 0.1) is 12.8 Å². The van der Waals surface area contributed by atoms with Crippen molar-refractivity contribution in [1.82, 2.24) is 14.9 Å². The number of carbonyl (C=O) groups is 1. The van der Waals surface area contributed by atoms with Crippen LogP contribution in [0.1, 0.15) is 43.0 Å². The summed E-state index contributed by atoms with van der Waals surface area (Å²) in [5.74, 6) is 1.51. The Morgan fingerprint density at radius 2 is 1.81 bits per heavy atom. The number of amides is 2. The fourth-order valence-electron chi connectivity index (χ4n) is 5.41. The van der Waals surface area contributed by atoms with Crippen LogP contribution in [0.4, 0.5) is 10.5 Å². The first kappa shape index (κ1) is 20.5. The second-order valence-corrected chi connectivity index (χ2v) is 8.91. The summed E-state index contributed by atoms with van der Waals surface area (Å²) in [6.07, 6.45) is 4.69. The van der Waals surface area contributed by atoms with Gasteiger partial charge >= 0.3 is 6.03 Å².